The highest BCUT2D eigenvalue weighted by Gasteiger charge is 2.06. The highest BCUT2D eigenvalue weighted by atomic mass is 35.5. The molecule has 0 saturated carbocycles. The van der Waals surface area contributed by atoms with Gasteiger partial charge in [-0.3, -0.25) is 0 Å². The van der Waals surface area contributed by atoms with E-state index in [1.807, 2.05) is 0 Å². The molecule has 2 aromatic carbocycles. The Labute approximate surface area is 121 Å². The first kappa shape index (κ1) is 15.9. The van der Waals surface area contributed by atoms with Crippen molar-refractivity contribution in [3.63, 3.8) is 0 Å². The Balaban J connectivity index is 0.00000200. The molecule has 105 valence electrons. The molecule has 0 aliphatic carbocycles. The summed E-state index contributed by atoms with van der Waals surface area (Å²) in [6.45, 7) is 0. The average molecular weight is 299 g/mol. The van der Waals surface area contributed by atoms with Crippen LogP contribution < -0.4 is 20.8 Å². The maximum Gasteiger partial charge on any atom is 0.658 e. The van der Waals surface area contributed by atoms with Gasteiger partial charge in [-0.05, 0) is 24.3 Å². The van der Waals surface area contributed by atoms with Gasteiger partial charge in [0.05, 0.1) is 11.4 Å². The van der Waals surface area contributed by atoms with Crippen LogP contribution in [-0.2, 0) is 0 Å². The van der Waals surface area contributed by atoms with Crippen LogP contribution in [0.2, 0.25) is 0 Å². The fourth-order valence-corrected chi connectivity index (χ4v) is 1.30. The Bertz CT molecular complexity index is 550. The smallest absolute Gasteiger partial charge is 0.526 e. The third-order valence-electron chi connectivity index (χ3n) is 2.31. The van der Waals surface area contributed by atoms with Gasteiger partial charge in [-0.2, -0.15) is 0 Å². The van der Waals surface area contributed by atoms with Crippen molar-refractivity contribution < 1.29 is 18.1 Å². The van der Waals surface area contributed by atoms with E-state index in [0.717, 1.165) is 19.8 Å². The first-order chi connectivity index (χ1) is 9.06. The maximum absolute atomic E-state index is 13.1. The summed E-state index contributed by atoms with van der Waals surface area (Å²) in [7, 11) is 0.954. The van der Waals surface area contributed by atoms with E-state index >= 15 is 0 Å². The summed E-state index contributed by atoms with van der Waals surface area (Å²) in [5.41, 5.74) is 10.7. The summed E-state index contributed by atoms with van der Waals surface area (Å²) < 4.78 is 36.2. The van der Waals surface area contributed by atoms with Crippen molar-refractivity contribution in [2.75, 3.05) is 11.5 Å². The largest absolute Gasteiger partial charge is 0.658 e. The van der Waals surface area contributed by atoms with Crippen molar-refractivity contribution in [1.29, 1.82) is 0 Å². The molecule has 8 heteroatoms. The van der Waals surface area contributed by atoms with E-state index in [9.17, 15) is 8.78 Å². The van der Waals surface area contributed by atoms with Crippen molar-refractivity contribution in [3.8, 4) is 11.5 Å². The Morgan fingerprint density at radius 1 is 0.800 bits per heavy atom. The molecule has 0 aliphatic heterocycles. The molecule has 0 spiro atoms. The minimum Gasteiger partial charge on any atom is -0.526 e. The molecule has 1 radical (unpaired) electrons. The van der Waals surface area contributed by atoms with Gasteiger partial charge in [0.25, 0.3) is 0 Å². The lowest BCUT2D eigenvalue weighted by Crippen LogP contribution is -2.11. The maximum atomic E-state index is 13.1. The SMILES string of the molecule is Cl.Nc1ccc(O[B]Oc2ccc(N)c(F)c2)cc1F. The van der Waals surface area contributed by atoms with Crippen molar-refractivity contribution >= 4 is 31.5 Å². The Kier molecular flexibility index (Phi) is 5.46. The number of hydrogen-bond donors (Lipinski definition) is 2. The molecule has 0 amide bonds. The van der Waals surface area contributed by atoms with Crippen molar-refractivity contribution in [1.82, 2.24) is 0 Å². The van der Waals surface area contributed by atoms with E-state index in [1.165, 1.54) is 24.3 Å². The lowest BCUT2D eigenvalue weighted by molar-refractivity contribution is 0.454. The highest BCUT2D eigenvalue weighted by molar-refractivity contribution is 6.20. The fraction of sp³-hybridized carbons (Fsp3) is 0. The predicted octanol–water partition coefficient (Wildman–Crippen LogP) is 2.54. The zero-order valence-electron chi connectivity index (χ0n) is 10.2. The quantitative estimate of drug-likeness (QED) is 0.672. The van der Waals surface area contributed by atoms with Crippen LogP contribution in [0.5, 0.6) is 11.5 Å². The second kappa shape index (κ2) is 6.86. The van der Waals surface area contributed by atoms with Crippen LogP contribution in [0.15, 0.2) is 36.4 Å². The third kappa shape index (κ3) is 3.93. The predicted molar refractivity (Wildman–Crippen MR) is 75.9 cm³/mol. The lowest BCUT2D eigenvalue weighted by Gasteiger charge is -2.07. The highest BCUT2D eigenvalue weighted by Crippen LogP contribution is 2.19. The molecule has 0 unspecified atom stereocenters. The average Bonchev–Trinajstić information content (AvgIpc) is 2.38. The zero-order valence-corrected chi connectivity index (χ0v) is 11.0. The first-order valence-electron chi connectivity index (χ1n) is 5.31. The van der Waals surface area contributed by atoms with Gasteiger partial charge in [0.2, 0.25) is 0 Å². The first-order valence-corrected chi connectivity index (χ1v) is 5.31. The molecule has 2 aromatic rings. The zero-order chi connectivity index (χ0) is 13.8. The van der Waals surface area contributed by atoms with Gasteiger partial charge < -0.3 is 20.8 Å². The number of halogens is 3. The van der Waals surface area contributed by atoms with Crippen LogP contribution in [0.4, 0.5) is 20.2 Å². The van der Waals surface area contributed by atoms with Gasteiger partial charge in [-0.15, -0.1) is 12.4 Å². The number of benzene rings is 2. The molecular formula is C12H11BClF2N2O2. The summed E-state index contributed by atoms with van der Waals surface area (Å²) in [5.74, 6) is -0.765. The number of nitrogens with two attached hydrogens (primary N) is 2. The third-order valence-corrected chi connectivity index (χ3v) is 2.31. The van der Waals surface area contributed by atoms with Gasteiger partial charge in [-0.1, -0.05) is 0 Å². The van der Waals surface area contributed by atoms with E-state index < -0.39 is 11.6 Å². The lowest BCUT2D eigenvalue weighted by atomic mass is 10.2. The van der Waals surface area contributed by atoms with Gasteiger partial charge >= 0.3 is 7.69 Å². The van der Waals surface area contributed by atoms with E-state index in [-0.39, 0.29) is 35.3 Å². The molecule has 0 atom stereocenters. The van der Waals surface area contributed by atoms with Crippen LogP contribution in [0.25, 0.3) is 0 Å². The number of nitrogen functional groups attached to an aromatic ring is 2. The second-order valence-corrected chi connectivity index (χ2v) is 3.70. The minimum atomic E-state index is -0.593. The van der Waals surface area contributed by atoms with Crippen LogP contribution in [0.3, 0.4) is 0 Å². The Hall–Kier alpha value is -2.15. The standard InChI is InChI=1S/C12H10BF2N2O2.ClH/c14-9-5-7(1-3-11(9)16)18-13-19-8-2-4-12(17)10(15)6-8;/h1-6H,16-17H2;1H. The fourth-order valence-electron chi connectivity index (χ4n) is 1.30. The van der Waals surface area contributed by atoms with Crippen molar-refractivity contribution in [2.45, 2.75) is 0 Å². The van der Waals surface area contributed by atoms with Crippen LogP contribution in [0.1, 0.15) is 0 Å². The molecule has 0 aromatic heterocycles. The molecule has 0 bridgehead atoms. The van der Waals surface area contributed by atoms with Crippen LogP contribution >= 0.6 is 12.4 Å². The van der Waals surface area contributed by atoms with Gasteiger partial charge in [0, 0.05) is 12.1 Å². The minimum absolute atomic E-state index is 0. The Morgan fingerprint density at radius 2 is 1.20 bits per heavy atom. The monoisotopic (exact) mass is 299 g/mol. The van der Waals surface area contributed by atoms with E-state index in [1.54, 1.807) is 0 Å². The van der Waals surface area contributed by atoms with Crippen LogP contribution in [0, 0.1) is 11.6 Å². The molecule has 2 rings (SSSR count). The molecule has 20 heavy (non-hydrogen) atoms. The molecule has 0 fully saturated rings. The van der Waals surface area contributed by atoms with E-state index in [0.29, 0.717) is 0 Å². The summed E-state index contributed by atoms with van der Waals surface area (Å²) in [6.07, 6.45) is 0. The molecule has 4 nitrogen and oxygen atoms in total. The number of rotatable bonds is 4. The summed E-state index contributed by atoms with van der Waals surface area (Å²) in [4.78, 5) is 0. The molecular weight excluding hydrogens is 288 g/mol. The molecule has 0 saturated heterocycles. The summed E-state index contributed by atoms with van der Waals surface area (Å²) >= 11 is 0. The molecule has 0 heterocycles. The summed E-state index contributed by atoms with van der Waals surface area (Å²) in [5, 5.41) is 0. The van der Waals surface area contributed by atoms with E-state index in [4.69, 9.17) is 20.8 Å². The second-order valence-electron chi connectivity index (χ2n) is 3.70. The van der Waals surface area contributed by atoms with E-state index in [2.05, 4.69) is 0 Å². The van der Waals surface area contributed by atoms with Crippen molar-refractivity contribution in [3.05, 3.63) is 48.0 Å². The van der Waals surface area contributed by atoms with Gasteiger partial charge in [0.15, 0.2) is 0 Å². The van der Waals surface area contributed by atoms with Gasteiger partial charge in [0.1, 0.15) is 23.1 Å². The number of hydrogen-bond acceptors (Lipinski definition) is 4. The van der Waals surface area contributed by atoms with Gasteiger partial charge in [-0.25, -0.2) is 8.78 Å². The molecule has 4 N–H and O–H groups in total. The summed E-state index contributed by atoms with van der Waals surface area (Å²) in [6, 6.07) is 7.89. The number of anilines is 2. The molecule has 0 aliphatic rings. The topological polar surface area (TPSA) is 70.5 Å². The van der Waals surface area contributed by atoms with Crippen molar-refractivity contribution in [2.24, 2.45) is 0 Å². The Morgan fingerprint density at radius 3 is 1.55 bits per heavy atom. The van der Waals surface area contributed by atoms with Crippen LogP contribution in [-0.4, -0.2) is 7.69 Å². The normalized spacial score (nSPS) is 9.50.